The topological polar surface area (TPSA) is 17.1 Å². The summed E-state index contributed by atoms with van der Waals surface area (Å²) >= 11 is 0. The highest BCUT2D eigenvalue weighted by Crippen LogP contribution is 2.52. The van der Waals surface area contributed by atoms with Crippen molar-refractivity contribution < 1.29 is 4.79 Å². The Hall–Kier alpha value is -0.330. The summed E-state index contributed by atoms with van der Waals surface area (Å²) < 4.78 is 0. The first kappa shape index (κ1) is 12.7. The summed E-state index contributed by atoms with van der Waals surface area (Å²) in [6.07, 6.45) is 9.64. The molecule has 1 aliphatic carbocycles. The zero-order valence-corrected chi connectivity index (χ0v) is 10.6. The molecular weight excluding hydrogens is 184 g/mol. The molecule has 0 aromatic heterocycles. The Balaban J connectivity index is 1.94. The number of carbonyl (C=O) groups excluding carboxylic acids is 1. The van der Waals surface area contributed by atoms with Crippen LogP contribution in [0.4, 0.5) is 0 Å². The molecule has 1 aliphatic rings. The first-order valence-corrected chi connectivity index (χ1v) is 6.60. The molecule has 1 rings (SSSR count). The standard InChI is InChI=1S/C14H26O/c1-4-5-6-7-8-9-10-13(15)12-11-14(12,2)3/h12H,4-11H2,1-3H3. The summed E-state index contributed by atoms with van der Waals surface area (Å²) in [5.74, 6) is 0.920. The van der Waals surface area contributed by atoms with Gasteiger partial charge in [0.15, 0.2) is 0 Å². The van der Waals surface area contributed by atoms with E-state index in [9.17, 15) is 4.79 Å². The molecule has 1 nitrogen and oxygen atoms in total. The van der Waals surface area contributed by atoms with Gasteiger partial charge in [0.1, 0.15) is 5.78 Å². The van der Waals surface area contributed by atoms with Gasteiger partial charge in [0.05, 0.1) is 0 Å². The van der Waals surface area contributed by atoms with E-state index in [0.717, 1.165) is 19.3 Å². The fourth-order valence-corrected chi connectivity index (χ4v) is 2.27. The largest absolute Gasteiger partial charge is 0.299 e. The van der Waals surface area contributed by atoms with E-state index in [2.05, 4.69) is 20.8 Å². The smallest absolute Gasteiger partial charge is 0.136 e. The number of carbonyl (C=O) groups is 1. The Morgan fingerprint density at radius 1 is 1.13 bits per heavy atom. The fourth-order valence-electron chi connectivity index (χ4n) is 2.27. The van der Waals surface area contributed by atoms with Crippen LogP contribution in [0, 0.1) is 11.3 Å². The number of hydrogen-bond acceptors (Lipinski definition) is 1. The Morgan fingerprint density at radius 3 is 2.20 bits per heavy atom. The van der Waals surface area contributed by atoms with Crippen molar-refractivity contribution >= 4 is 5.78 Å². The van der Waals surface area contributed by atoms with Gasteiger partial charge in [-0.2, -0.15) is 0 Å². The van der Waals surface area contributed by atoms with E-state index in [-0.39, 0.29) is 0 Å². The van der Waals surface area contributed by atoms with Crippen LogP contribution >= 0.6 is 0 Å². The van der Waals surface area contributed by atoms with Crippen molar-refractivity contribution in [3.63, 3.8) is 0 Å². The zero-order valence-electron chi connectivity index (χ0n) is 10.6. The third kappa shape index (κ3) is 4.36. The molecule has 0 bridgehead atoms. The first-order chi connectivity index (χ1) is 7.08. The highest BCUT2D eigenvalue weighted by molar-refractivity contribution is 5.84. The Kier molecular flexibility index (Phi) is 4.82. The lowest BCUT2D eigenvalue weighted by Gasteiger charge is -2.03. The van der Waals surface area contributed by atoms with E-state index < -0.39 is 0 Å². The number of unbranched alkanes of at least 4 members (excludes halogenated alkanes) is 5. The summed E-state index contributed by atoms with van der Waals surface area (Å²) in [6, 6.07) is 0. The summed E-state index contributed by atoms with van der Waals surface area (Å²) in [7, 11) is 0. The number of rotatable bonds is 8. The second-order valence-electron chi connectivity index (χ2n) is 5.73. The van der Waals surface area contributed by atoms with Gasteiger partial charge in [0.2, 0.25) is 0 Å². The molecule has 0 amide bonds. The van der Waals surface area contributed by atoms with Gasteiger partial charge in [0, 0.05) is 12.3 Å². The highest BCUT2D eigenvalue weighted by Gasteiger charge is 2.49. The van der Waals surface area contributed by atoms with E-state index in [0.29, 0.717) is 17.1 Å². The molecule has 0 radical (unpaired) electrons. The molecular formula is C14H26O. The minimum Gasteiger partial charge on any atom is -0.299 e. The molecule has 1 atom stereocenters. The van der Waals surface area contributed by atoms with Crippen molar-refractivity contribution in [3.05, 3.63) is 0 Å². The Labute approximate surface area is 94.6 Å². The van der Waals surface area contributed by atoms with Gasteiger partial charge >= 0.3 is 0 Å². The van der Waals surface area contributed by atoms with Crippen LogP contribution < -0.4 is 0 Å². The molecule has 1 unspecified atom stereocenters. The summed E-state index contributed by atoms with van der Waals surface area (Å²) in [5.41, 5.74) is 0.333. The van der Waals surface area contributed by atoms with Crippen molar-refractivity contribution in [1.29, 1.82) is 0 Å². The molecule has 0 aromatic carbocycles. The van der Waals surface area contributed by atoms with Crippen molar-refractivity contribution in [3.8, 4) is 0 Å². The van der Waals surface area contributed by atoms with Crippen LogP contribution in [0.3, 0.4) is 0 Å². The van der Waals surface area contributed by atoms with Crippen LogP contribution in [-0.2, 0) is 4.79 Å². The van der Waals surface area contributed by atoms with Gasteiger partial charge in [-0.25, -0.2) is 0 Å². The van der Waals surface area contributed by atoms with Gasteiger partial charge in [-0.15, -0.1) is 0 Å². The quantitative estimate of drug-likeness (QED) is 0.544. The van der Waals surface area contributed by atoms with Gasteiger partial charge < -0.3 is 0 Å². The summed E-state index contributed by atoms with van der Waals surface area (Å²) in [6.45, 7) is 6.65. The van der Waals surface area contributed by atoms with Crippen molar-refractivity contribution in [1.82, 2.24) is 0 Å². The minimum atomic E-state index is 0.333. The predicted octanol–water partition coefficient (Wildman–Crippen LogP) is 4.35. The lowest BCUT2D eigenvalue weighted by Crippen LogP contribution is -2.05. The number of hydrogen-bond donors (Lipinski definition) is 0. The average molecular weight is 210 g/mol. The van der Waals surface area contributed by atoms with Gasteiger partial charge in [-0.3, -0.25) is 4.79 Å². The molecule has 0 N–H and O–H groups in total. The van der Waals surface area contributed by atoms with Crippen molar-refractivity contribution in [2.45, 2.75) is 72.1 Å². The SMILES string of the molecule is CCCCCCCCC(=O)C1CC1(C)C. The summed E-state index contributed by atoms with van der Waals surface area (Å²) in [4.78, 5) is 11.7. The maximum Gasteiger partial charge on any atom is 0.136 e. The predicted molar refractivity (Wildman–Crippen MR) is 64.9 cm³/mol. The monoisotopic (exact) mass is 210 g/mol. The Morgan fingerprint density at radius 2 is 1.67 bits per heavy atom. The molecule has 0 saturated heterocycles. The molecule has 1 saturated carbocycles. The molecule has 1 heteroatoms. The van der Waals surface area contributed by atoms with E-state index in [1.54, 1.807) is 0 Å². The van der Waals surface area contributed by atoms with Crippen LogP contribution in [0.5, 0.6) is 0 Å². The van der Waals surface area contributed by atoms with Crippen LogP contribution in [0.2, 0.25) is 0 Å². The van der Waals surface area contributed by atoms with E-state index in [1.165, 1.54) is 32.1 Å². The third-order valence-corrected chi connectivity index (χ3v) is 3.68. The number of ketones is 1. The lowest BCUT2D eigenvalue weighted by molar-refractivity contribution is -0.121. The van der Waals surface area contributed by atoms with Crippen LogP contribution in [0.15, 0.2) is 0 Å². The van der Waals surface area contributed by atoms with Crippen molar-refractivity contribution in [2.24, 2.45) is 11.3 Å². The van der Waals surface area contributed by atoms with Crippen LogP contribution in [0.1, 0.15) is 72.1 Å². The van der Waals surface area contributed by atoms with Gasteiger partial charge in [-0.1, -0.05) is 52.9 Å². The molecule has 0 aliphatic heterocycles. The first-order valence-electron chi connectivity index (χ1n) is 6.60. The zero-order chi connectivity index (χ0) is 11.3. The second-order valence-corrected chi connectivity index (χ2v) is 5.73. The molecule has 1 fully saturated rings. The van der Waals surface area contributed by atoms with Crippen LogP contribution in [0.25, 0.3) is 0 Å². The lowest BCUT2D eigenvalue weighted by atomic mass is 10.0. The normalized spacial score (nSPS) is 22.7. The summed E-state index contributed by atoms with van der Waals surface area (Å²) in [5, 5.41) is 0. The average Bonchev–Trinajstić information content (AvgIpc) is 2.81. The minimum absolute atomic E-state index is 0.333. The third-order valence-electron chi connectivity index (χ3n) is 3.68. The van der Waals surface area contributed by atoms with Gasteiger partial charge in [0.25, 0.3) is 0 Å². The fraction of sp³-hybridized carbons (Fsp3) is 0.929. The van der Waals surface area contributed by atoms with Crippen molar-refractivity contribution in [2.75, 3.05) is 0 Å². The van der Waals surface area contributed by atoms with E-state index in [1.807, 2.05) is 0 Å². The molecule has 88 valence electrons. The van der Waals surface area contributed by atoms with E-state index in [4.69, 9.17) is 0 Å². The van der Waals surface area contributed by atoms with Crippen LogP contribution in [-0.4, -0.2) is 5.78 Å². The maximum atomic E-state index is 11.7. The molecule has 15 heavy (non-hydrogen) atoms. The maximum absolute atomic E-state index is 11.7. The van der Waals surface area contributed by atoms with E-state index >= 15 is 0 Å². The van der Waals surface area contributed by atoms with Gasteiger partial charge in [-0.05, 0) is 18.3 Å². The highest BCUT2D eigenvalue weighted by atomic mass is 16.1. The number of Topliss-reactive ketones (excluding diaryl/α,β-unsaturated/α-hetero) is 1. The Bertz CT molecular complexity index is 205. The molecule has 0 aromatic rings. The second kappa shape index (κ2) is 5.67. The molecule has 0 heterocycles. The molecule has 0 spiro atoms.